The average Bonchev–Trinajstić information content (AvgIpc) is 3.69. The summed E-state index contributed by atoms with van der Waals surface area (Å²) in [5.74, 6) is 2.51. The maximum atomic E-state index is 12.4. The molecule has 8 rings (SSSR count). The zero-order valence-electron chi connectivity index (χ0n) is 28.8. The largest absolute Gasteiger partial charge is 0.356 e. The molecule has 10 heteroatoms. The predicted molar refractivity (Wildman–Crippen MR) is 214 cm³/mol. The van der Waals surface area contributed by atoms with Crippen LogP contribution in [0.3, 0.4) is 0 Å². The van der Waals surface area contributed by atoms with Crippen molar-refractivity contribution in [1.29, 1.82) is 0 Å². The highest BCUT2D eigenvalue weighted by Gasteiger charge is 2.51. The van der Waals surface area contributed by atoms with Crippen LogP contribution in [0.4, 0.5) is 0 Å². The summed E-state index contributed by atoms with van der Waals surface area (Å²) in [6.45, 7) is 5.78. The molecule has 4 fully saturated rings. The van der Waals surface area contributed by atoms with E-state index >= 15 is 0 Å². The SMILES string of the molecule is C[C@@H]1C[C@@H](c2ccc(Cl)cc2Cl)[C@H](c2ccc(Cl)cc2)[C@@H]2CNC(=O)[C@@H]21.C[C@H]1C[C@@H](c2ccc(Cl)cc2Cl)[C@H](c2ccc(Cl)cc2)[C@@H]2CNC(=O)[C@@H]21. The van der Waals surface area contributed by atoms with Crippen LogP contribution < -0.4 is 10.6 Å². The number of nitrogens with one attached hydrogen (secondary N) is 2. The quantitative estimate of drug-likeness (QED) is 0.216. The molecule has 4 aromatic carbocycles. The molecule has 10 atom stereocenters. The molecule has 2 saturated heterocycles. The van der Waals surface area contributed by atoms with Crippen molar-refractivity contribution in [3.8, 4) is 0 Å². The Balaban J connectivity index is 0.000000162. The van der Waals surface area contributed by atoms with Crippen molar-refractivity contribution in [2.24, 2.45) is 35.5 Å². The van der Waals surface area contributed by atoms with E-state index in [1.807, 2.05) is 60.7 Å². The molecule has 52 heavy (non-hydrogen) atoms. The molecule has 2 aliphatic carbocycles. The maximum absolute atomic E-state index is 12.4. The van der Waals surface area contributed by atoms with Gasteiger partial charge in [-0.05, 0) is 131 Å². The second-order valence-corrected chi connectivity index (χ2v) is 17.6. The number of hydrogen-bond donors (Lipinski definition) is 2. The molecule has 2 N–H and O–H groups in total. The van der Waals surface area contributed by atoms with E-state index in [9.17, 15) is 9.59 Å². The first kappa shape index (κ1) is 37.9. The predicted octanol–water partition coefficient (Wildman–Crippen LogP) is 11.8. The molecule has 272 valence electrons. The fraction of sp³-hybridized carbons (Fsp3) is 0.381. The van der Waals surface area contributed by atoms with Crippen molar-refractivity contribution in [3.05, 3.63) is 137 Å². The van der Waals surface area contributed by atoms with E-state index in [2.05, 4.69) is 48.7 Å². The number of fused-ring (bicyclic) bond motifs is 2. The van der Waals surface area contributed by atoms with Gasteiger partial charge in [-0.3, -0.25) is 9.59 Å². The van der Waals surface area contributed by atoms with Crippen LogP contribution in [0.1, 0.15) is 72.6 Å². The molecule has 2 aliphatic heterocycles. The third-order valence-electron chi connectivity index (χ3n) is 12.1. The van der Waals surface area contributed by atoms with Crippen molar-refractivity contribution < 1.29 is 9.59 Å². The lowest BCUT2D eigenvalue weighted by Gasteiger charge is -2.43. The molecule has 2 amide bonds. The Kier molecular flexibility index (Phi) is 11.5. The second kappa shape index (κ2) is 15.7. The van der Waals surface area contributed by atoms with Gasteiger partial charge in [0.1, 0.15) is 0 Å². The number of halogens is 6. The molecule has 2 heterocycles. The first-order valence-corrected chi connectivity index (χ1v) is 20.1. The lowest BCUT2D eigenvalue weighted by molar-refractivity contribution is -0.126. The van der Waals surface area contributed by atoms with Gasteiger partial charge >= 0.3 is 0 Å². The van der Waals surface area contributed by atoms with Crippen molar-refractivity contribution in [2.75, 3.05) is 13.1 Å². The van der Waals surface area contributed by atoms with Gasteiger partial charge in [0.15, 0.2) is 0 Å². The van der Waals surface area contributed by atoms with Gasteiger partial charge < -0.3 is 10.6 Å². The van der Waals surface area contributed by atoms with Crippen LogP contribution in [0.15, 0.2) is 84.9 Å². The van der Waals surface area contributed by atoms with Crippen LogP contribution in [-0.2, 0) is 9.59 Å². The van der Waals surface area contributed by atoms with E-state index in [0.717, 1.165) is 34.0 Å². The molecular weight excluding hydrogens is 777 g/mol. The number of carbonyl (C=O) groups excluding carboxylic acids is 2. The summed E-state index contributed by atoms with van der Waals surface area (Å²) in [6.07, 6.45) is 1.84. The lowest BCUT2D eigenvalue weighted by atomic mass is 9.60. The fourth-order valence-corrected chi connectivity index (χ4v) is 11.3. The Labute approximate surface area is 335 Å². The zero-order valence-corrected chi connectivity index (χ0v) is 33.3. The Morgan fingerprint density at radius 3 is 1.17 bits per heavy atom. The van der Waals surface area contributed by atoms with Crippen molar-refractivity contribution in [3.63, 3.8) is 0 Å². The minimum Gasteiger partial charge on any atom is -0.356 e. The molecule has 0 bridgehead atoms. The van der Waals surface area contributed by atoms with E-state index in [0.29, 0.717) is 45.0 Å². The highest BCUT2D eigenvalue weighted by Crippen LogP contribution is 2.56. The van der Waals surface area contributed by atoms with Gasteiger partial charge in [0, 0.05) is 55.1 Å². The zero-order chi connectivity index (χ0) is 36.8. The van der Waals surface area contributed by atoms with Crippen molar-refractivity contribution in [2.45, 2.75) is 50.4 Å². The van der Waals surface area contributed by atoms with Gasteiger partial charge in [-0.25, -0.2) is 0 Å². The summed E-state index contributed by atoms with van der Waals surface area (Å²) >= 11 is 37.6. The molecule has 0 unspecified atom stereocenters. The molecule has 2 saturated carbocycles. The molecular formula is C42H40Cl6N2O2. The normalized spacial score (nSPS) is 30.8. The van der Waals surface area contributed by atoms with E-state index in [-0.39, 0.29) is 59.2 Å². The summed E-state index contributed by atoms with van der Waals surface area (Å²) in [5, 5.41) is 10.3. The summed E-state index contributed by atoms with van der Waals surface area (Å²) in [5.41, 5.74) is 4.65. The van der Waals surface area contributed by atoms with Gasteiger partial charge in [0.2, 0.25) is 11.8 Å². The number of hydrogen-bond acceptors (Lipinski definition) is 2. The van der Waals surface area contributed by atoms with Crippen LogP contribution in [0.2, 0.25) is 30.1 Å². The van der Waals surface area contributed by atoms with Gasteiger partial charge in [-0.2, -0.15) is 0 Å². The third-order valence-corrected chi connectivity index (χ3v) is 13.7. The van der Waals surface area contributed by atoms with Gasteiger partial charge in [0.05, 0.1) is 0 Å². The Morgan fingerprint density at radius 1 is 0.481 bits per heavy atom. The summed E-state index contributed by atoms with van der Waals surface area (Å²) in [7, 11) is 0. The molecule has 4 aromatic rings. The number of benzene rings is 4. The fourth-order valence-electron chi connectivity index (χ4n) is 9.94. The summed E-state index contributed by atoms with van der Waals surface area (Å²) < 4.78 is 0. The smallest absolute Gasteiger partial charge is 0.223 e. The van der Waals surface area contributed by atoms with E-state index in [1.54, 1.807) is 0 Å². The average molecular weight is 818 g/mol. The minimum absolute atomic E-state index is 0.0537. The number of rotatable bonds is 4. The second-order valence-electron chi connectivity index (χ2n) is 15.0. The number of amides is 2. The third kappa shape index (κ3) is 7.46. The molecule has 4 nitrogen and oxygen atoms in total. The van der Waals surface area contributed by atoms with Crippen LogP contribution in [0.5, 0.6) is 0 Å². The van der Waals surface area contributed by atoms with Crippen LogP contribution in [0.25, 0.3) is 0 Å². The van der Waals surface area contributed by atoms with Crippen LogP contribution in [0, 0.1) is 35.5 Å². The molecule has 0 radical (unpaired) electrons. The van der Waals surface area contributed by atoms with Crippen LogP contribution >= 0.6 is 69.6 Å². The monoisotopic (exact) mass is 814 g/mol. The molecule has 0 spiro atoms. The van der Waals surface area contributed by atoms with E-state index in [1.165, 1.54) is 11.1 Å². The molecule has 0 aromatic heterocycles. The standard InChI is InChI=1S/2C21H20Cl3NO/c2*1-11-8-16(15-7-6-14(23)9-18(15)24)20(12-2-4-13(22)5-3-12)17-10-25-21(26)19(11)17/h2*2-7,9,11,16-17,19-20H,8,10H2,1H3,(H,25,26)/t11-,16+,17-,19-,20+;11-,16-,17+,19+,20-/m10/s1. The Bertz CT molecular complexity index is 1810. The van der Waals surface area contributed by atoms with E-state index < -0.39 is 0 Å². The van der Waals surface area contributed by atoms with Gasteiger partial charge in [-0.15, -0.1) is 0 Å². The Hall–Kier alpha value is -2.44. The topological polar surface area (TPSA) is 58.2 Å². The highest BCUT2D eigenvalue weighted by molar-refractivity contribution is 6.35. The van der Waals surface area contributed by atoms with Crippen LogP contribution in [-0.4, -0.2) is 24.9 Å². The maximum Gasteiger partial charge on any atom is 0.223 e. The van der Waals surface area contributed by atoms with Crippen molar-refractivity contribution >= 4 is 81.4 Å². The number of carbonyl (C=O) groups is 2. The van der Waals surface area contributed by atoms with E-state index in [4.69, 9.17) is 69.6 Å². The summed E-state index contributed by atoms with van der Waals surface area (Å²) in [4.78, 5) is 24.9. The van der Waals surface area contributed by atoms with Gasteiger partial charge in [0.25, 0.3) is 0 Å². The first-order chi connectivity index (χ1) is 24.9. The van der Waals surface area contributed by atoms with Gasteiger partial charge in [-0.1, -0.05) is 120 Å². The minimum atomic E-state index is 0.0537. The summed E-state index contributed by atoms with van der Waals surface area (Å²) in [6, 6.07) is 27.5. The lowest BCUT2D eigenvalue weighted by Crippen LogP contribution is -2.37. The Morgan fingerprint density at radius 2 is 0.827 bits per heavy atom. The first-order valence-electron chi connectivity index (χ1n) is 17.9. The highest BCUT2D eigenvalue weighted by atomic mass is 35.5. The molecule has 4 aliphatic rings. The van der Waals surface area contributed by atoms with Crippen molar-refractivity contribution in [1.82, 2.24) is 10.6 Å².